The van der Waals surface area contributed by atoms with Gasteiger partial charge in [-0.15, -0.1) is 0 Å². The fourth-order valence-corrected chi connectivity index (χ4v) is 1.91. The molecule has 5 heteroatoms. The van der Waals surface area contributed by atoms with Crippen molar-refractivity contribution in [3.63, 3.8) is 0 Å². The summed E-state index contributed by atoms with van der Waals surface area (Å²) in [4.78, 5) is 6.36. The Hall–Kier alpha value is -2.56. The molecular formula is C15H18N4O. The van der Waals surface area contributed by atoms with E-state index in [0.717, 1.165) is 17.1 Å². The number of nitrogens with two attached hydrogens (primary N) is 1. The van der Waals surface area contributed by atoms with Crippen LogP contribution in [0.1, 0.15) is 11.3 Å². The summed E-state index contributed by atoms with van der Waals surface area (Å²) in [5.74, 6) is 1.59. The molecule has 3 N–H and O–H groups in total. The first-order chi connectivity index (χ1) is 9.60. The number of hydrogen-bond donors (Lipinski definition) is 2. The van der Waals surface area contributed by atoms with Gasteiger partial charge in [-0.2, -0.15) is 0 Å². The quantitative estimate of drug-likeness (QED) is 0.643. The van der Waals surface area contributed by atoms with Gasteiger partial charge in [-0.3, -0.25) is 5.41 Å². The minimum absolute atomic E-state index is 0.0263. The number of nitrogens with zero attached hydrogens (tertiary/aromatic N) is 2. The zero-order valence-electron chi connectivity index (χ0n) is 11.6. The Labute approximate surface area is 118 Å². The number of hydrogen-bond acceptors (Lipinski definition) is 4. The third-order valence-electron chi connectivity index (χ3n) is 2.96. The molecule has 0 saturated carbocycles. The molecule has 0 aliphatic carbocycles. The number of aromatic nitrogens is 1. The van der Waals surface area contributed by atoms with E-state index >= 15 is 0 Å². The molecule has 0 atom stereocenters. The number of nitrogens with one attached hydrogen (secondary N) is 1. The molecule has 1 aromatic carbocycles. The molecule has 0 aliphatic heterocycles. The largest absolute Gasteiger partial charge is 0.497 e. The van der Waals surface area contributed by atoms with Crippen LogP contribution < -0.4 is 15.4 Å². The van der Waals surface area contributed by atoms with Crippen LogP contribution >= 0.6 is 0 Å². The number of anilines is 1. The minimum atomic E-state index is -0.0263. The highest BCUT2D eigenvalue weighted by atomic mass is 16.5. The van der Waals surface area contributed by atoms with Gasteiger partial charge in [-0.1, -0.05) is 18.2 Å². The fraction of sp³-hybridized carbons (Fsp3) is 0.200. The highest BCUT2D eigenvalue weighted by Gasteiger charge is 2.06. The second kappa shape index (κ2) is 6.06. The fourth-order valence-electron chi connectivity index (χ4n) is 1.91. The van der Waals surface area contributed by atoms with Crippen LogP contribution in [0.15, 0.2) is 42.5 Å². The molecule has 1 aromatic heterocycles. The molecule has 0 amide bonds. The molecular weight excluding hydrogens is 252 g/mol. The van der Waals surface area contributed by atoms with E-state index in [1.807, 2.05) is 48.3 Å². The molecule has 2 rings (SSSR count). The van der Waals surface area contributed by atoms with E-state index in [9.17, 15) is 0 Å². The Bertz CT molecular complexity index is 612. The molecule has 0 saturated heterocycles. The first kappa shape index (κ1) is 13.9. The standard InChI is InChI=1S/C15H18N4O/c1-19(10-11-5-3-6-12(9-11)20-2)14-8-4-7-13(18-14)15(16)17/h3-9H,10H2,1-2H3,(H3,16,17). The van der Waals surface area contributed by atoms with Crippen LogP contribution in [0.4, 0.5) is 5.82 Å². The number of ether oxygens (including phenoxy) is 1. The van der Waals surface area contributed by atoms with Crippen LogP contribution in [-0.4, -0.2) is 25.0 Å². The summed E-state index contributed by atoms with van der Waals surface area (Å²) in [7, 11) is 3.60. The highest BCUT2D eigenvalue weighted by molar-refractivity contribution is 5.93. The average molecular weight is 270 g/mol. The van der Waals surface area contributed by atoms with E-state index in [1.165, 1.54) is 0 Å². The number of amidine groups is 1. The second-order valence-electron chi connectivity index (χ2n) is 4.50. The van der Waals surface area contributed by atoms with E-state index in [1.54, 1.807) is 13.2 Å². The van der Waals surface area contributed by atoms with E-state index in [-0.39, 0.29) is 5.84 Å². The van der Waals surface area contributed by atoms with Crippen molar-refractivity contribution < 1.29 is 4.74 Å². The van der Waals surface area contributed by atoms with Crippen LogP contribution in [0.3, 0.4) is 0 Å². The Morgan fingerprint density at radius 3 is 2.75 bits per heavy atom. The van der Waals surface area contributed by atoms with Crippen LogP contribution in [-0.2, 0) is 6.54 Å². The van der Waals surface area contributed by atoms with Gasteiger partial charge in [-0.25, -0.2) is 4.98 Å². The molecule has 20 heavy (non-hydrogen) atoms. The predicted molar refractivity (Wildman–Crippen MR) is 80.4 cm³/mol. The molecule has 104 valence electrons. The van der Waals surface area contributed by atoms with Gasteiger partial charge in [0.2, 0.25) is 0 Å². The lowest BCUT2D eigenvalue weighted by Crippen LogP contribution is -2.20. The molecule has 0 fully saturated rings. The molecule has 1 heterocycles. The Morgan fingerprint density at radius 2 is 2.05 bits per heavy atom. The van der Waals surface area contributed by atoms with E-state index < -0.39 is 0 Å². The molecule has 0 bridgehead atoms. The lowest BCUT2D eigenvalue weighted by atomic mass is 10.2. The summed E-state index contributed by atoms with van der Waals surface area (Å²) in [5.41, 5.74) is 7.07. The summed E-state index contributed by atoms with van der Waals surface area (Å²) in [6, 6.07) is 13.4. The maximum absolute atomic E-state index is 7.43. The van der Waals surface area contributed by atoms with Crippen molar-refractivity contribution >= 4 is 11.7 Å². The van der Waals surface area contributed by atoms with Gasteiger partial charge < -0.3 is 15.4 Å². The molecule has 0 radical (unpaired) electrons. The van der Waals surface area contributed by atoms with Crippen molar-refractivity contribution in [3.05, 3.63) is 53.7 Å². The Kier molecular flexibility index (Phi) is 4.20. The minimum Gasteiger partial charge on any atom is -0.497 e. The summed E-state index contributed by atoms with van der Waals surface area (Å²) >= 11 is 0. The van der Waals surface area contributed by atoms with Gasteiger partial charge in [0.1, 0.15) is 23.1 Å². The van der Waals surface area contributed by atoms with Crippen molar-refractivity contribution in [2.24, 2.45) is 5.73 Å². The van der Waals surface area contributed by atoms with Gasteiger partial charge in [0.25, 0.3) is 0 Å². The summed E-state index contributed by atoms with van der Waals surface area (Å²) in [5, 5.41) is 7.43. The number of benzene rings is 1. The van der Waals surface area contributed by atoms with Crippen LogP contribution in [0.5, 0.6) is 5.75 Å². The molecule has 0 spiro atoms. The number of pyridine rings is 1. The first-order valence-corrected chi connectivity index (χ1v) is 6.25. The third-order valence-corrected chi connectivity index (χ3v) is 2.96. The van der Waals surface area contributed by atoms with Crippen molar-refractivity contribution in [1.82, 2.24) is 4.98 Å². The number of rotatable bonds is 5. The molecule has 2 aromatic rings. The van der Waals surface area contributed by atoms with E-state index in [4.69, 9.17) is 15.9 Å². The van der Waals surface area contributed by atoms with Gasteiger partial charge in [0, 0.05) is 13.6 Å². The summed E-state index contributed by atoms with van der Waals surface area (Å²) in [6.45, 7) is 0.700. The smallest absolute Gasteiger partial charge is 0.141 e. The van der Waals surface area contributed by atoms with Crippen LogP contribution in [0.2, 0.25) is 0 Å². The first-order valence-electron chi connectivity index (χ1n) is 6.25. The number of methoxy groups -OCH3 is 1. The van der Waals surface area contributed by atoms with Crippen molar-refractivity contribution in [3.8, 4) is 5.75 Å². The lowest BCUT2D eigenvalue weighted by molar-refractivity contribution is 0.414. The van der Waals surface area contributed by atoms with Gasteiger partial charge >= 0.3 is 0 Å². The van der Waals surface area contributed by atoms with Crippen LogP contribution in [0.25, 0.3) is 0 Å². The zero-order valence-corrected chi connectivity index (χ0v) is 11.6. The third kappa shape index (κ3) is 3.26. The summed E-state index contributed by atoms with van der Waals surface area (Å²) < 4.78 is 5.21. The normalized spacial score (nSPS) is 10.1. The van der Waals surface area contributed by atoms with Gasteiger partial charge in [-0.05, 0) is 29.8 Å². The summed E-state index contributed by atoms with van der Waals surface area (Å²) in [6.07, 6.45) is 0. The topological polar surface area (TPSA) is 75.2 Å². The Balaban J connectivity index is 2.16. The Morgan fingerprint density at radius 1 is 1.30 bits per heavy atom. The molecule has 0 aliphatic rings. The molecule has 0 unspecified atom stereocenters. The maximum Gasteiger partial charge on any atom is 0.141 e. The van der Waals surface area contributed by atoms with Crippen molar-refractivity contribution in [1.29, 1.82) is 5.41 Å². The van der Waals surface area contributed by atoms with Gasteiger partial charge in [0.15, 0.2) is 0 Å². The lowest BCUT2D eigenvalue weighted by Gasteiger charge is -2.19. The van der Waals surface area contributed by atoms with Crippen molar-refractivity contribution in [2.45, 2.75) is 6.54 Å². The number of nitrogen functional groups attached to an aromatic ring is 1. The second-order valence-corrected chi connectivity index (χ2v) is 4.50. The monoisotopic (exact) mass is 270 g/mol. The molecule has 5 nitrogen and oxygen atoms in total. The van der Waals surface area contributed by atoms with Crippen LogP contribution in [0, 0.1) is 5.41 Å². The average Bonchev–Trinajstić information content (AvgIpc) is 2.47. The SMILES string of the molecule is COc1cccc(CN(C)c2cccc(C(=N)N)n2)c1. The van der Waals surface area contributed by atoms with E-state index in [2.05, 4.69) is 4.98 Å². The maximum atomic E-state index is 7.43. The zero-order chi connectivity index (χ0) is 14.5. The van der Waals surface area contributed by atoms with E-state index in [0.29, 0.717) is 12.2 Å². The van der Waals surface area contributed by atoms with Gasteiger partial charge in [0.05, 0.1) is 7.11 Å². The predicted octanol–water partition coefficient (Wildman–Crippen LogP) is 2.01. The van der Waals surface area contributed by atoms with Crippen molar-refractivity contribution in [2.75, 3.05) is 19.1 Å². The highest BCUT2D eigenvalue weighted by Crippen LogP contribution is 2.17.